The van der Waals surface area contributed by atoms with Crippen molar-refractivity contribution >= 4 is 39.3 Å². The number of hydrogen-bond acceptors (Lipinski definition) is 9. The molecule has 0 unspecified atom stereocenters. The Morgan fingerprint density at radius 3 is 1.00 bits per heavy atom. The van der Waals surface area contributed by atoms with E-state index in [1.165, 1.54) is 43.4 Å². The Bertz CT molecular complexity index is 1360. The van der Waals surface area contributed by atoms with E-state index in [0.29, 0.717) is 17.9 Å². The molecule has 10 heteroatoms. The maximum atomic E-state index is 10.3. The van der Waals surface area contributed by atoms with E-state index in [9.17, 15) is 22.8 Å². The highest BCUT2D eigenvalue weighted by Gasteiger charge is 2.06. The molecule has 0 radical (unpaired) electrons. The average Bonchev–Trinajstić information content (AvgIpc) is 3.25. The van der Waals surface area contributed by atoms with Crippen LogP contribution in [0.5, 0.6) is 0 Å². The number of esters is 2. The van der Waals surface area contributed by atoms with Crippen molar-refractivity contribution in [3.63, 3.8) is 0 Å². The number of ether oxygens (including phenoxy) is 3. The minimum atomic E-state index is -2.74. The molecule has 0 fully saturated rings. The van der Waals surface area contributed by atoms with Crippen LogP contribution in [0.4, 0.5) is 0 Å². The van der Waals surface area contributed by atoms with Crippen molar-refractivity contribution in [3.8, 4) is 11.8 Å². The third-order valence-electron chi connectivity index (χ3n) is 8.06. The third-order valence-corrected chi connectivity index (χ3v) is 10.7. The van der Waals surface area contributed by atoms with Crippen molar-refractivity contribution < 1.29 is 37.0 Å². The summed E-state index contributed by atoms with van der Waals surface area (Å²) in [5, 5.41) is 0.572. The fourth-order valence-corrected chi connectivity index (χ4v) is 2.27. The summed E-state index contributed by atoms with van der Waals surface area (Å²) in [4.78, 5) is 30.5. The van der Waals surface area contributed by atoms with Gasteiger partial charge in [0.2, 0.25) is 0 Å². The lowest BCUT2D eigenvalue weighted by Gasteiger charge is -2.05. The van der Waals surface area contributed by atoms with Crippen LogP contribution in [-0.2, 0) is 38.4 Å². The van der Waals surface area contributed by atoms with Gasteiger partial charge in [-0.2, -0.15) is 11.8 Å². The largest absolute Gasteiger partial charge is 0.469 e. The second kappa shape index (κ2) is 67.5. The van der Waals surface area contributed by atoms with E-state index in [0.717, 1.165) is 17.1 Å². The summed E-state index contributed by atoms with van der Waals surface area (Å²) >= 11 is 1.88. The fourth-order valence-electron chi connectivity index (χ4n) is 2.27. The van der Waals surface area contributed by atoms with Gasteiger partial charge in [0.05, 0.1) is 30.5 Å². The maximum absolute atomic E-state index is 10.3. The lowest BCUT2D eigenvalue weighted by atomic mass is 10.0. The van der Waals surface area contributed by atoms with Crippen LogP contribution < -0.4 is 0 Å². The Morgan fingerprint density at radius 2 is 0.957 bits per heavy atom. The van der Waals surface area contributed by atoms with E-state index in [1.54, 1.807) is 41.7 Å². The highest BCUT2D eigenvalue weighted by atomic mass is 32.2. The first-order chi connectivity index (χ1) is 31.3. The highest BCUT2D eigenvalue weighted by Crippen LogP contribution is 2.12. The molecular weight excluding hydrogens is 901 g/mol. The average molecular weight is 1020 g/mol. The Hall–Kier alpha value is -2.61. The molecule has 0 aliphatic rings. The molecule has 0 aliphatic heterocycles. The van der Waals surface area contributed by atoms with Gasteiger partial charge in [-0.15, -0.1) is 11.8 Å². The smallest absolute Gasteiger partial charge is 0.308 e. The van der Waals surface area contributed by atoms with E-state index in [4.69, 9.17) is 4.74 Å². The molecule has 0 aromatic heterocycles. The van der Waals surface area contributed by atoms with Crippen molar-refractivity contribution in [1.29, 1.82) is 0 Å². The standard InChI is InChI=1S/C9H12.C8H16.C6H10.2C5H10O2.C5H10O.C5H12.C4H10O2S.C4H10O.C4H10S.2C2H6/c1-8(2)9-6-4-3-5-7-9;1-6(2)8(5)7(3)4;1-4-5-6(2)3;1-4(2)5(6)7-3;1-4(2)7-5(3)6;1-4(2)5(3)6;1-4-5(2)3;1-4(2)7(3,5)6;2*1-4(2)5-3;2*1-2/h3-8H,1-2H3;6H,1-5H3;6H,1-3H3;2*4H,1-3H3;4H,1-3H3;5H,4H2,1-3H3;4H,1-3H3;2*4H,1-3H3;2*1-2H3. The summed E-state index contributed by atoms with van der Waals surface area (Å²) in [6, 6.07) is 10.5. The van der Waals surface area contributed by atoms with Gasteiger partial charge in [0.15, 0.2) is 0 Å². The molecule has 1 rings (SSSR count). The zero-order valence-electron chi connectivity index (χ0n) is 52.4. The predicted octanol–water partition coefficient (Wildman–Crippen LogP) is 17.8. The number of Topliss-reactive ketones (excluding diaryl/α,β-unsaturated/α-hetero) is 1. The molecule has 0 atom stereocenters. The summed E-state index contributed by atoms with van der Waals surface area (Å²) in [5.74, 6) is 8.69. The van der Waals surface area contributed by atoms with Crippen LogP contribution in [0.1, 0.15) is 233 Å². The first-order valence-electron chi connectivity index (χ1n) is 25.4. The third kappa shape index (κ3) is 122. The second-order valence-electron chi connectivity index (χ2n) is 18.3. The molecule has 0 amide bonds. The first kappa shape index (κ1) is 92.5. The number of ketones is 1. The number of sulfone groups is 1. The van der Waals surface area contributed by atoms with Crippen LogP contribution in [0.2, 0.25) is 0 Å². The highest BCUT2D eigenvalue weighted by molar-refractivity contribution is 7.99. The van der Waals surface area contributed by atoms with Crippen molar-refractivity contribution in [2.75, 3.05) is 26.7 Å². The van der Waals surface area contributed by atoms with Crippen molar-refractivity contribution in [3.05, 3.63) is 47.0 Å². The van der Waals surface area contributed by atoms with E-state index in [1.807, 2.05) is 94.0 Å². The van der Waals surface area contributed by atoms with Crippen LogP contribution in [0, 0.1) is 41.4 Å². The molecule has 0 N–H and O–H groups in total. The van der Waals surface area contributed by atoms with Gasteiger partial charge in [-0.05, 0) is 111 Å². The van der Waals surface area contributed by atoms with Crippen molar-refractivity contribution in [1.82, 2.24) is 0 Å². The number of methoxy groups -OCH3 is 2. The van der Waals surface area contributed by atoms with Crippen LogP contribution in [-0.4, -0.2) is 75.6 Å². The predicted molar refractivity (Wildman–Crippen MR) is 316 cm³/mol. The summed E-state index contributed by atoms with van der Waals surface area (Å²) in [6.07, 6.45) is 5.06. The van der Waals surface area contributed by atoms with Crippen LogP contribution in [0.25, 0.3) is 0 Å². The van der Waals surface area contributed by atoms with Gasteiger partial charge in [0.1, 0.15) is 15.6 Å². The maximum Gasteiger partial charge on any atom is 0.308 e. The Labute approximate surface area is 439 Å². The van der Waals surface area contributed by atoms with Crippen LogP contribution >= 0.6 is 11.8 Å². The van der Waals surface area contributed by atoms with E-state index < -0.39 is 9.84 Å². The van der Waals surface area contributed by atoms with E-state index in [2.05, 4.69) is 149 Å². The van der Waals surface area contributed by atoms with Gasteiger partial charge in [0.25, 0.3) is 0 Å². The number of carbonyl (C=O) groups is 3. The molecule has 0 saturated heterocycles. The number of rotatable bonds is 9. The molecule has 0 aliphatic carbocycles. The molecule has 1 aromatic rings. The quantitative estimate of drug-likeness (QED) is 0.136. The molecule has 8 nitrogen and oxygen atoms in total. The number of benzene rings is 1. The van der Waals surface area contributed by atoms with Crippen molar-refractivity contribution in [2.24, 2.45) is 29.6 Å². The fraction of sp³-hybridized carbons (Fsp3) is 0.780. The monoisotopic (exact) mass is 1020 g/mol. The Balaban J connectivity index is -0.0000000600. The van der Waals surface area contributed by atoms with Crippen LogP contribution in [0.15, 0.2) is 41.5 Å². The molecular formula is C59H122O8S2. The zero-order valence-corrected chi connectivity index (χ0v) is 54.1. The first-order valence-corrected chi connectivity index (χ1v) is 28.7. The van der Waals surface area contributed by atoms with Crippen molar-refractivity contribution in [2.45, 2.75) is 250 Å². The molecule has 0 heterocycles. The number of hydrogen-bond donors (Lipinski definition) is 0. The van der Waals surface area contributed by atoms with Gasteiger partial charge in [-0.1, -0.05) is 179 Å². The van der Waals surface area contributed by atoms with E-state index in [-0.39, 0.29) is 40.9 Å². The molecule has 418 valence electrons. The summed E-state index contributed by atoms with van der Waals surface area (Å²) < 4.78 is 34.4. The second-order valence-corrected chi connectivity index (χ2v) is 22.3. The number of carbonyl (C=O) groups excluding carboxylic acids is 3. The molecule has 1 aromatic carbocycles. The topological polar surface area (TPSA) is 113 Å². The Morgan fingerprint density at radius 1 is 0.638 bits per heavy atom. The van der Waals surface area contributed by atoms with E-state index >= 15 is 0 Å². The van der Waals surface area contributed by atoms with Gasteiger partial charge in [0, 0.05) is 32.1 Å². The number of thioether (sulfide) groups is 1. The van der Waals surface area contributed by atoms with Gasteiger partial charge in [-0.3, -0.25) is 14.4 Å². The molecule has 0 bridgehead atoms. The lowest BCUT2D eigenvalue weighted by molar-refractivity contribution is -0.145. The van der Waals surface area contributed by atoms with Gasteiger partial charge in [-0.25, -0.2) is 8.42 Å². The van der Waals surface area contributed by atoms with Gasteiger partial charge >= 0.3 is 11.9 Å². The summed E-state index contributed by atoms with van der Waals surface area (Å²) in [6.45, 7) is 61.8. The minimum absolute atomic E-state index is 0.00463. The summed E-state index contributed by atoms with van der Waals surface area (Å²) in [7, 11) is 0.350. The normalized spacial score (nSPS) is 9.29. The minimum Gasteiger partial charge on any atom is -0.469 e. The molecule has 69 heavy (non-hydrogen) atoms. The number of allylic oxidation sites excluding steroid dienone is 2. The zero-order chi connectivity index (χ0) is 58.2. The Kier molecular flexibility index (Phi) is 90.5. The summed E-state index contributed by atoms with van der Waals surface area (Å²) in [5.41, 5.74) is 4.39. The lowest BCUT2D eigenvalue weighted by Crippen LogP contribution is -2.10. The molecule has 0 spiro atoms. The van der Waals surface area contributed by atoms with Gasteiger partial charge < -0.3 is 14.2 Å². The SMILES string of the molecule is CC.CC.CC#CC(C)C.CC(=O)C(C)C.CC(=O)OC(C)C.CC(C)=C(C)C(C)C.CC(C)S(C)(=O)=O.CC(C)c1ccccc1.CCC(C)C.COC(=O)C(C)C.COC(C)C.CSC(C)C. The van der Waals surface area contributed by atoms with Crippen LogP contribution in [0.3, 0.4) is 0 Å². The molecule has 0 saturated carbocycles.